The van der Waals surface area contributed by atoms with Crippen LogP contribution in [0.25, 0.3) is 0 Å². The Morgan fingerprint density at radius 1 is 1.17 bits per heavy atom. The van der Waals surface area contributed by atoms with Gasteiger partial charge in [0, 0.05) is 26.1 Å². The maximum Gasteiger partial charge on any atom is 0.286 e. The second kappa shape index (κ2) is 8.91. The van der Waals surface area contributed by atoms with Crippen LogP contribution in [0.2, 0.25) is 0 Å². The van der Waals surface area contributed by atoms with Gasteiger partial charge >= 0.3 is 0 Å². The van der Waals surface area contributed by atoms with Crippen molar-refractivity contribution in [3.05, 3.63) is 59.5 Å². The highest BCUT2D eigenvalue weighted by Gasteiger charge is 2.13. The van der Waals surface area contributed by atoms with Gasteiger partial charge in [0.05, 0.1) is 6.26 Å². The van der Waals surface area contributed by atoms with Crippen LogP contribution in [0.4, 0.5) is 0 Å². The number of amides is 2. The third-order valence-electron chi connectivity index (χ3n) is 3.95. The van der Waals surface area contributed by atoms with Crippen molar-refractivity contribution in [2.75, 3.05) is 13.1 Å². The fourth-order valence-corrected chi connectivity index (χ4v) is 2.46. The lowest BCUT2D eigenvalue weighted by atomic mass is 10.1. The maximum absolute atomic E-state index is 12.4. The zero-order valence-electron chi connectivity index (χ0n) is 14.2. The van der Waals surface area contributed by atoms with E-state index < -0.39 is 0 Å². The van der Waals surface area contributed by atoms with Gasteiger partial charge in [-0.2, -0.15) is 0 Å². The van der Waals surface area contributed by atoms with Gasteiger partial charge < -0.3 is 14.6 Å². The van der Waals surface area contributed by atoms with E-state index in [4.69, 9.17) is 4.42 Å². The Bertz CT molecular complexity index is 665. The van der Waals surface area contributed by atoms with Gasteiger partial charge in [0.25, 0.3) is 5.91 Å². The predicted octanol–water partition coefficient (Wildman–Crippen LogP) is 3.15. The minimum atomic E-state index is -0.250. The second-order valence-corrected chi connectivity index (χ2v) is 5.67. The smallest absolute Gasteiger partial charge is 0.286 e. The molecule has 0 aliphatic heterocycles. The fraction of sp³-hybridized carbons (Fsp3) is 0.368. The van der Waals surface area contributed by atoms with Crippen molar-refractivity contribution < 1.29 is 14.0 Å². The molecule has 0 bridgehead atoms. The summed E-state index contributed by atoms with van der Waals surface area (Å²) < 4.78 is 5.02. The van der Waals surface area contributed by atoms with Gasteiger partial charge in [-0.1, -0.05) is 24.3 Å². The van der Waals surface area contributed by atoms with E-state index in [9.17, 15) is 9.59 Å². The van der Waals surface area contributed by atoms with Gasteiger partial charge in [-0.3, -0.25) is 9.59 Å². The van der Waals surface area contributed by atoms with E-state index in [1.165, 1.54) is 17.4 Å². The summed E-state index contributed by atoms with van der Waals surface area (Å²) in [5, 5.41) is 2.75. The van der Waals surface area contributed by atoms with Crippen LogP contribution in [0.3, 0.4) is 0 Å². The number of furan rings is 1. The van der Waals surface area contributed by atoms with Crippen LogP contribution in [0.15, 0.2) is 47.1 Å². The molecule has 2 rings (SSSR count). The van der Waals surface area contributed by atoms with Gasteiger partial charge in [-0.15, -0.1) is 0 Å². The van der Waals surface area contributed by atoms with E-state index in [-0.39, 0.29) is 17.6 Å². The van der Waals surface area contributed by atoms with E-state index in [1.54, 1.807) is 12.1 Å². The van der Waals surface area contributed by atoms with Crippen molar-refractivity contribution in [1.29, 1.82) is 0 Å². The lowest BCUT2D eigenvalue weighted by molar-refractivity contribution is -0.131. The molecule has 24 heavy (non-hydrogen) atoms. The van der Waals surface area contributed by atoms with E-state index >= 15 is 0 Å². The van der Waals surface area contributed by atoms with Gasteiger partial charge in [0.1, 0.15) is 0 Å². The first-order valence-electron chi connectivity index (χ1n) is 8.25. The molecule has 0 saturated heterocycles. The molecule has 1 N–H and O–H groups in total. The number of rotatable bonds is 8. The fourth-order valence-electron chi connectivity index (χ4n) is 2.46. The average Bonchev–Trinajstić information content (AvgIpc) is 3.12. The first-order valence-corrected chi connectivity index (χ1v) is 8.25. The number of carbonyl (C=O) groups is 2. The third-order valence-corrected chi connectivity index (χ3v) is 3.95. The Kier molecular flexibility index (Phi) is 6.61. The molecule has 0 fully saturated rings. The Labute approximate surface area is 142 Å². The minimum absolute atomic E-state index is 0.105. The van der Waals surface area contributed by atoms with Crippen LogP contribution in [-0.2, 0) is 11.3 Å². The van der Waals surface area contributed by atoms with Crippen LogP contribution in [0, 0.1) is 6.92 Å². The zero-order chi connectivity index (χ0) is 17.4. The highest BCUT2D eigenvalue weighted by molar-refractivity contribution is 5.91. The van der Waals surface area contributed by atoms with Crippen LogP contribution < -0.4 is 5.32 Å². The molecule has 128 valence electrons. The summed E-state index contributed by atoms with van der Waals surface area (Å²) in [5.74, 6) is 0.142. The number of nitrogens with one attached hydrogen (secondary N) is 1. The normalized spacial score (nSPS) is 10.4. The number of hydrogen-bond acceptors (Lipinski definition) is 3. The minimum Gasteiger partial charge on any atom is -0.459 e. The highest BCUT2D eigenvalue weighted by Crippen LogP contribution is 2.11. The largest absolute Gasteiger partial charge is 0.459 e. The molecule has 0 aliphatic rings. The summed E-state index contributed by atoms with van der Waals surface area (Å²) in [7, 11) is 0. The number of nitrogens with zero attached hydrogens (tertiary/aromatic N) is 1. The molecule has 0 spiro atoms. The van der Waals surface area contributed by atoms with E-state index in [2.05, 4.69) is 24.4 Å². The van der Waals surface area contributed by atoms with Crippen molar-refractivity contribution in [2.24, 2.45) is 0 Å². The van der Waals surface area contributed by atoms with Crippen LogP contribution >= 0.6 is 0 Å². The lowest BCUT2D eigenvalue weighted by Crippen LogP contribution is -2.31. The lowest BCUT2D eigenvalue weighted by Gasteiger charge is -2.22. The average molecular weight is 328 g/mol. The Hall–Kier alpha value is -2.56. The Morgan fingerprint density at radius 3 is 2.62 bits per heavy atom. The summed E-state index contributed by atoms with van der Waals surface area (Å²) in [6.07, 6.45) is 2.48. The van der Waals surface area contributed by atoms with Crippen molar-refractivity contribution in [3.8, 4) is 0 Å². The van der Waals surface area contributed by atoms with Gasteiger partial charge in [0.2, 0.25) is 5.91 Å². The standard InChI is InChI=1S/C19H24N2O3/c1-3-21(14-16-9-5-4-8-15(16)2)18(22)11-6-12-20-19(23)17-10-7-13-24-17/h4-5,7-10,13H,3,6,11-12,14H2,1-2H3,(H,20,23). The van der Waals surface area contributed by atoms with Crippen molar-refractivity contribution >= 4 is 11.8 Å². The summed E-state index contributed by atoms with van der Waals surface area (Å²) >= 11 is 0. The highest BCUT2D eigenvalue weighted by atomic mass is 16.3. The molecule has 0 saturated carbocycles. The van der Waals surface area contributed by atoms with Crippen LogP contribution in [0.5, 0.6) is 0 Å². The van der Waals surface area contributed by atoms with Crippen LogP contribution in [0.1, 0.15) is 41.4 Å². The van der Waals surface area contributed by atoms with Gasteiger partial charge in [-0.25, -0.2) is 0 Å². The number of hydrogen-bond donors (Lipinski definition) is 1. The SMILES string of the molecule is CCN(Cc1ccccc1C)C(=O)CCCNC(=O)c1ccco1. The summed E-state index contributed by atoms with van der Waals surface area (Å²) in [6, 6.07) is 11.4. The van der Waals surface area contributed by atoms with E-state index in [0.29, 0.717) is 32.5 Å². The molecule has 0 unspecified atom stereocenters. The van der Waals surface area contributed by atoms with Crippen molar-refractivity contribution in [1.82, 2.24) is 10.2 Å². The number of carbonyl (C=O) groups excluding carboxylic acids is 2. The first kappa shape index (κ1) is 17.8. The molecular formula is C19H24N2O3. The molecule has 5 nitrogen and oxygen atoms in total. The zero-order valence-corrected chi connectivity index (χ0v) is 14.2. The van der Waals surface area contributed by atoms with E-state index in [1.807, 2.05) is 24.0 Å². The molecule has 5 heteroatoms. The number of benzene rings is 1. The monoisotopic (exact) mass is 328 g/mol. The topological polar surface area (TPSA) is 62.6 Å². The number of aryl methyl sites for hydroxylation is 1. The maximum atomic E-state index is 12.4. The summed E-state index contributed by atoms with van der Waals surface area (Å²) in [4.78, 5) is 25.9. The molecule has 2 amide bonds. The third kappa shape index (κ3) is 4.98. The molecule has 1 aromatic carbocycles. The predicted molar refractivity (Wildman–Crippen MR) is 92.5 cm³/mol. The molecule has 1 aromatic heterocycles. The molecule has 0 atom stereocenters. The molecule has 1 heterocycles. The molecule has 0 aliphatic carbocycles. The van der Waals surface area contributed by atoms with Crippen molar-refractivity contribution in [2.45, 2.75) is 33.2 Å². The molecular weight excluding hydrogens is 304 g/mol. The Balaban J connectivity index is 1.76. The van der Waals surface area contributed by atoms with Gasteiger partial charge in [-0.05, 0) is 43.5 Å². The quantitative estimate of drug-likeness (QED) is 0.757. The summed E-state index contributed by atoms with van der Waals surface area (Å²) in [6.45, 7) is 5.78. The Morgan fingerprint density at radius 2 is 1.96 bits per heavy atom. The second-order valence-electron chi connectivity index (χ2n) is 5.67. The van der Waals surface area contributed by atoms with Crippen LogP contribution in [-0.4, -0.2) is 29.8 Å². The molecule has 0 radical (unpaired) electrons. The summed E-state index contributed by atoms with van der Waals surface area (Å²) in [5.41, 5.74) is 2.35. The first-order chi connectivity index (χ1) is 11.6. The van der Waals surface area contributed by atoms with Crippen molar-refractivity contribution in [3.63, 3.8) is 0 Å². The van der Waals surface area contributed by atoms with Gasteiger partial charge in [0.15, 0.2) is 5.76 Å². The molecule has 2 aromatic rings. The van der Waals surface area contributed by atoms with E-state index in [0.717, 1.165) is 0 Å².